The zero-order chi connectivity index (χ0) is 14.3. The SMILES string of the molecule is O=S(=O)(CCN1CCNCC1)NCCc1ccncc1. The summed E-state index contributed by atoms with van der Waals surface area (Å²) in [5.74, 6) is 0.170. The van der Waals surface area contributed by atoms with Gasteiger partial charge < -0.3 is 5.32 Å². The summed E-state index contributed by atoms with van der Waals surface area (Å²) in [5.41, 5.74) is 1.09. The lowest BCUT2D eigenvalue weighted by atomic mass is 10.2. The van der Waals surface area contributed by atoms with Gasteiger partial charge in [-0.05, 0) is 24.1 Å². The molecule has 2 rings (SSSR count). The Hall–Kier alpha value is -1.02. The van der Waals surface area contributed by atoms with Crippen LogP contribution in [-0.4, -0.2) is 63.3 Å². The molecule has 0 aromatic carbocycles. The van der Waals surface area contributed by atoms with E-state index < -0.39 is 10.0 Å². The third-order valence-corrected chi connectivity index (χ3v) is 4.73. The first-order valence-electron chi connectivity index (χ1n) is 6.95. The zero-order valence-corrected chi connectivity index (χ0v) is 12.4. The fourth-order valence-corrected chi connectivity index (χ4v) is 3.21. The second-order valence-electron chi connectivity index (χ2n) is 4.91. The maximum absolute atomic E-state index is 11.9. The van der Waals surface area contributed by atoms with E-state index in [1.165, 1.54) is 0 Å². The van der Waals surface area contributed by atoms with E-state index in [2.05, 4.69) is 19.9 Å². The van der Waals surface area contributed by atoms with Crippen LogP contribution in [0, 0.1) is 0 Å². The summed E-state index contributed by atoms with van der Waals surface area (Å²) in [6.07, 6.45) is 4.12. The van der Waals surface area contributed by atoms with E-state index in [9.17, 15) is 8.42 Å². The molecule has 0 aliphatic carbocycles. The summed E-state index contributed by atoms with van der Waals surface area (Å²) >= 11 is 0. The Labute approximate surface area is 120 Å². The molecule has 2 N–H and O–H groups in total. The molecule has 0 bridgehead atoms. The van der Waals surface area contributed by atoms with Gasteiger partial charge in [0.15, 0.2) is 0 Å². The average Bonchev–Trinajstić information content (AvgIpc) is 2.47. The molecular formula is C13H22N4O2S. The Bertz CT molecular complexity index is 486. The molecule has 0 unspecified atom stereocenters. The van der Waals surface area contributed by atoms with Crippen LogP contribution < -0.4 is 10.0 Å². The van der Waals surface area contributed by atoms with E-state index in [0.29, 0.717) is 19.5 Å². The van der Waals surface area contributed by atoms with Crippen molar-refractivity contribution in [3.63, 3.8) is 0 Å². The molecule has 1 fully saturated rings. The molecule has 1 aliphatic heterocycles. The van der Waals surface area contributed by atoms with Gasteiger partial charge >= 0.3 is 0 Å². The van der Waals surface area contributed by atoms with Crippen LogP contribution >= 0.6 is 0 Å². The van der Waals surface area contributed by atoms with Gasteiger partial charge in [-0.3, -0.25) is 9.88 Å². The minimum absolute atomic E-state index is 0.170. The van der Waals surface area contributed by atoms with Crippen molar-refractivity contribution in [1.29, 1.82) is 0 Å². The van der Waals surface area contributed by atoms with Crippen molar-refractivity contribution in [2.45, 2.75) is 6.42 Å². The highest BCUT2D eigenvalue weighted by molar-refractivity contribution is 7.89. The number of sulfonamides is 1. The lowest BCUT2D eigenvalue weighted by Crippen LogP contribution is -2.46. The molecule has 112 valence electrons. The topological polar surface area (TPSA) is 74.3 Å². The van der Waals surface area contributed by atoms with Gasteiger partial charge in [0.1, 0.15) is 0 Å². The number of aromatic nitrogens is 1. The van der Waals surface area contributed by atoms with Crippen LogP contribution in [0.4, 0.5) is 0 Å². The molecule has 0 atom stereocenters. The maximum Gasteiger partial charge on any atom is 0.212 e. The van der Waals surface area contributed by atoms with Crippen molar-refractivity contribution in [3.05, 3.63) is 30.1 Å². The molecule has 0 saturated carbocycles. The average molecular weight is 298 g/mol. The number of pyridine rings is 1. The lowest BCUT2D eigenvalue weighted by molar-refractivity contribution is 0.253. The Morgan fingerprint density at radius 3 is 2.65 bits per heavy atom. The van der Waals surface area contributed by atoms with E-state index in [-0.39, 0.29) is 5.75 Å². The van der Waals surface area contributed by atoms with E-state index in [0.717, 1.165) is 31.7 Å². The number of nitrogens with zero attached hydrogens (tertiary/aromatic N) is 2. The molecule has 1 aliphatic rings. The molecule has 2 heterocycles. The second kappa shape index (κ2) is 7.68. The van der Waals surface area contributed by atoms with Crippen LogP contribution in [0.25, 0.3) is 0 Å². The first-order valence-corrected chi connectivity index (χ1v) is 8.60. The Kier molecular flexibility index (Phi) is 5.90. The Morgan fingerprint density at radius 1 is 1.25 bits per heavy atom. The quantitative estimate of drug-likeness (QED) is 0.706. The summed E-state index contributed by atoms with van der Waals surface area (Å²) < 4.78 is 26.5. The molecule has 0 amide bonds. The van der Waals surface area contributed by atoms with Crippen molar-refractivity contribution >= 4 is 10.0 Å². The van der Waals surface area contributed by atoms with Gasteiger partial charge in [0.2, 0.25) is 10.0 Å². The predicted octanol–water partition coefficient (Wildman–Crippen LogP) is -0.551. The van der Waals surface area contributed by atoms with Crippen molar-refractivity contribution in [1.82, 2.24) is 19.9 Å². The fourth-order valence-electron chi connectivity index (χ4n) is 2.16. The molecular weight excluding hydrogens is 276 g/mol. The lowest BCUT2D eigenvalue weighted by Gasteiger charge is -2.26. The predicted molar refractivity (Wildman–Crippen MR) is 79.0 cm³/mol. The van der Waals surface area contributed by atoms with E-state index >= 15 is 0 Å². The van der Waals surface area contributed by atoms with Crippen LogP contribution in [0.1, 0.15) is 5.56 Å². The van der Waals surface area contributed by atoms with Crippen LogP contribution in [0.3, 0.4) is 0 Å². The summed E-state index contributed by atoms with van der Waals surface area (Å²) in [6.45, 7) is 4.77. The number of hydrogen-bond acceptors (Lipinski definition) is 5. The summed E-state index contributed by atoms with van der Waals surface area (Å²) in [6, 6.07) is 3.80. The molecule has 0 radical (unpaired) electrons. The van der Waals surface area contributed by atoms with E-state index in [4.69, 9.17) is 0 Å². The van der Waals surface area contributed by atoms with Crippen molar-refractivity contribution in [2.24, 2.45) is 0 Å². The first-order chi connectivity index (χ1) is 9.66. The monoisotopic (exact) mass is 298 g/mol. The molecule has 1 aromatic heterocycles. The van der Waals surface area contributed by atoms with Gasteiger partial charge in [-0.2, -0.15) is 0 Å². The minimum Gasteiger partial charge on any atom is -0.314 e. The number of rotatable bonds is 7. The summed E-state index contributed by atoms with van der Waals surface area (Å²) in [4.78, 5) is 6.11. The third-order valence-electron chi connectivity index (χ3n) is 3.37. The van der Waals surface area contributed by atoms with Crippen molar-refractivity contribution < 1.29 is 8.42 Å². The molecule has 7 heteroatoms. The molecule has 6 nitrogen and oxygen atoms in total. The third kappa shape index (κ3) is 5.54. The minimum atomic E-state index is -3.18. The van der Waals surface area contributed by atoms with Crippen LogP contribution in [0.15, 0.2) is 24.5 Å². The smallest absolute Gasteiger partial charge is 0.212 e. The first kappa shape index (κ1) is 15.4. The normalized spacial score (nSPS) is 17.2. The highest BCUT2D eigenvalue weighted by atomic mass is 32.2. The largest absolute Gasteiger partial charge is 0.314 e. The number of piperazine rings is 1. The van der Waals surface area contributed by atoms with Crippen LogP contribution in [-0.2, 0) is 16.4 Å². The second-order valence-corrected chi connectivity index (χ2v) is 6.84. The number of nitrogens with one attached hydrogen (secondary N) is 2. The zero-order valence-electron chi connectivity index (χ0n) is 11.6. The van der Waals surface area contributed by atoms with Gasteiger partial charge in [0.05, 0.1) is 5.75 Å². The van der Waals surface area contributed by atoms with E-state index in [1.54, 1.807) is 12.4 Å². The van der Waals surface area contributed by atoms with Crippen molar-refractivity contribution in [3.8, 4) is 0 Å². The van der Waals surface area contributed by atoms with Gasteiger partial charge in [0, 0.05) is 51.7 Å². The molecule has 1 aromatic rings. The van der Waals surface area contributed by atoms with E-state index in [1.807, 2.05) is 12.1 Å². The standard InChI is InChI=1S/C13H22N4O2S/c18-20(19,12-11-17-9-7-15-8-10-17)16-6-3-13-1-4-14-5-2-13/h1-2,4-5,15-16H,3,6-12H2. The van der Waals surface area contributed by atoms with Crippen LogP contribution in [0.2, 0.25) is 0 Å². The van der Waals surface area contributed by atoms with Gasteiger partial charge in [-0.25, -0.2) is 13.1 Å². The highest BCUT2D eigenvalue weighted by Crippen LogP contribution is 1.98. The Balaban J connectivity index is 1.68. The Morgan fingerprint density at radius 2 is 1.95 bits per heavy atom. The molecule has 1 saturated heterocycles. The fraction of sp³-hybridized carbons (Fsp3) is 0.615. The van der Waals surface area contributed by atoms with Crippen molar-refractivity contribution in [2.75, 3.05) is 45.0 Å². The van der Waals surface area contributed by atoms with Gasteiger partial charge in [0.25, 0.3) is 0 Å². The molecule has 0 spiro atoms. The number of hydrogen-bond donors (Lipinski definition) is 2. The van der Waals surface area contributed by atoms with Gasteiger partial charge in [-0.1, -0.05) is 0 Å². The summed E-state index contributed by atoms with van der Waals surface area (Å²) in [7, 11) is -3.18. The van der Waals surface area contributed by atoms with Gasteiger partial charge in [-0.15, -0.1) is 0 Å². The molecule has 20 heavy (non-hydrogen) atoms. The maximum atomic E-state index is 11.9. The highest BCUT2D eigenvalue weighted by Gasteiger charge is 2.14. The van der Waals surface area contributed by atoms with Crippen LogP contribution in [0.5, 0.6) is 0 Å². The summed E-state index contributed by atoms with van der Waals surface area (Å²) in [5, 5.41) is 3.25.